The lowest BCUT2D eigenvalue weighted by Crippen LogP contribution is -2.00. The van der Waals surface area contributed by atoms with E-state index < -0.39 is 6.10 Å². The lowest BCUT2D eigenvalue weighted by atomic mass is 10.1. The van der Waals surface area contributed by atoms with E-state index in [2.05, 4.69) is 15.9 Å². The molecular formula is C15H14BrFO3. The second-order valence-corrected chi connectivity index (χ2v) is 5.08. The molecule has 20 heavy (non-hydrogen) atoms. The maximum absolute atomic E-state index is 13.1. The highest BCUT2D eigenvalue weighted by Crippen LogP contribution is 2.38. The SMILES string of the molecule is COc1cccc(Oc2ccc(F)cc2Br)c1[C@H](C)O. The summed E-state index contributed by atoms with van der Waals surface area (Å²) in [5.74, 6) is 1.11. The topological polar surface area (TPSA) is 38.7 Å². The highest BCUT2D eigenvalue weighted by molar-refractivity contribution is 9.10. The van der Waals surface area contributed by atoms with Gasteiger partial charge in [-0.2, -0.15) is 0 Å². The quantitative estimate of drug-likeness (QED) is 0.893. The van der Waals surface area contributed by atoms with Crippen molar-refractivity contribution in [2.24, 2.45) is 0 Å². The fraction of sp³-hybridized carbons (Fsp3) is 0.200. The van der Waals surface area contributed by atoms with Crippen LogP contribution < -0.4 is 9.47 Å². The average molecular weight is 341 g/mol. The summed E-state index contributed by atoms with van der Waals surface area (Å²) in [4.78, 5) is 0. The molecule has 5 heteroatoms. The molecule has 0 aromatic heterocycles. The number of rotatable bonds is 4. The maximum Gasteiger partial charge on any atom is 0.141 e. The van der Waals surface area contributed by atoms with Crippen molar-refractivity contribution in [3.05, 3.63) is 52.3 Å². The number of methoxy groups -OCH3 is 1. The zero-order chi connectivity index (χ0) is 14.7. The number of ether oxygens (including phenoxy) is 2. The fourth-order valence-electron chi connectivity index (χ4n) is 1.88. The van der Waals surface area contributed by atoms with Gasteiger partial charge in [0.1, 0.15) is 23.1 Å². The standard InChI is InChI=1S/C15H14BrFO3/c1-9(18)15-13(19-2)4-3-5-14(15)20-12-7-6-10(17)8-11(12)16/h3-9,18H,1-2H3/t9-/m0/s1. The van der Waals surface area contributed by atoms with Gasteiger partial charge in [0.15, 0.2) is 0 Å². The largest absolute Gasteiger partial charge is 0.496 e. The van der Waals surface area contributed by atoms with Crippen molar-refractivity contribution in [1.29, 1.82) is 0 Å². The molecule has 0 saturated heterocycles. The number of hydrogen-bond acceptors (Lipinski definition) is 3. The van der Waals surface area contributed by atoms with Crippen LogP contribution >= 0.6 is 15.9 Å². The number of aliphatic hydroxyl groups is 1. The van der Waals surface area contributed by atoms with E-state index in [4.69, 9.17) is 9.47 Å². The van der Waals surface area contributed by atoms with Crippen molar-refractivity contribution in [1.82, 2.24) is 0 Å². The molecule has 0 bridgehead atoms. The fourth-order valence-corrected chi connectivity index (χ4v) is 2.31. The Morgan fingerprint density at radius 3 is 2.45 bits per heavy atom. The van der Waals surface area contributed by atoms with Crippen LogP contribution in [0.4, 0.5) is 4.39 Å². The second-order valence-electron chi connectivity index (χ2n) is 4.22. The molecule has 2 aromatic rings. The molecule has 0 heterocycles. The molecule has 0 saturated carbocycles. The highest BCUT2D eigenvalue weighted by atomic mass is 79.9. The number of hydrogen-bond donors (Lipinski definition) is 1. The number of aliphatic hydroxyl groups excluding tert-OH is 1. The van der Waals surface area contributed by atoms with Crippen molar-refractivity contribution in [3.8, 4) is 17.2 Å². The zero-order valence-electron chi connectivity index (χ0n) is 11.1. The summed E-state index contributed by atoms with van der Waals surface area (Å²) >= 11 is 3.24. The molecule has 1 N–H and O–H groups in total. The van der Waals surface area contributed by atoms with E-state index in [1.54, 1.807) is 25.1 Å². The normalized spacial score (nSPS) is 12.1. The summed E-state index contributed by atoms with van der Waals surface area (Å²) in [7, 11) is 1.53. The summed E-state index contributed by atoms with van der Waals surface area (Å²) in [6.45, 7) is 1.63. The van der Waals surface area contributed by atoms with Gasteiger partial charge in [0.05, 0.1) is 23.2 Å². The Morgan fingerprint density at radius 1 is 1.15 bits per heavy atom. The average Bonchev–Trinajstić information content (AvgIpc) is 2.41. The van der Waals surface area contributed by atoms with E-state index in [-0.39, 0.29) is 5.82 Å². The lowest BCUT2D eigenvalue weighted by molar-refractivity contribution is 0.190. The van der Waals surface area contributed by atoms with Crippen LogP contribution in [-0.4, -0.2) is 12.2 Å². The minimum absolute atomic E-state index is 0.356. The Balaban J connectivity index is 2.43. The van der Waals surface area contributed by atoms with Gasteiger partial charge in [-0.05, 0) is 53.2 Å². The first-order valence-electron chi connectivity index (χ1n) is 6.00. The smallest absolute Gasteiger partial charge is 0.141 e. The second kappa shape index (κ2) is 6.24. The Hall–Kier alpha value is -1.59. The first-order chi connectivity index (χ1) is 9.52. The van der Waals surface area contributed by atoms with Gasteiger partial charge in [-0.25, -0.2) is 4.39 Å². The van der Waals surface area contributed by atoms with Crippen LogP contribution in [0.25, 0.3) is 0 Å². The number of halogens is 2. The molecule has 0 aliphatic heterocycles. The third-order valence-electron chi connectivity index (χ3n) is 2.78. The van der Waals surface area contributed by atoms with E-state index in [0.29, 0.717) is 27.3 Å². The minimum Gasteiger partial charge on any atom is -0.496 e. The van der Waals surface area contributed by atoms with Crippen molar-refractivity contribution >= 4 is 15.9 Å². The van der Waals surface area contributed by atoms with Gasteiger partial charge in [0, 0.05) is 0 Å². The van der Waals surface area contributed by atoms with Crippen LogP contribution in [0.2, 0.25) is 0 Å². The van der Waals surface area contributed by atoms with Crippen LogP contribution in [0, 0.1) is 5.82 Å². The van der Waals surface area contributed by atoms with E-state index in [1.807, 2.05) is 0 Å². The summed E-state index contributed by atoms with van der Waals surface area (Å²) in [6.07, 6.45) is -0.750. The zero-order valence-corrected chi connectivity index (χ0v) is 12.6. The Morgan fingerprint density at radius 2 is 1.85 bits per heavy atom. The van der Waals surface area contributed by atoms with Crippen LogP contribution in [0.1, 0.15) is 18.6 Å². The van der Waals surface area contributed by atoms with E-state index in [1.165, 1.54) is 25.3 Å². The minimum atomic E-state index is -0.750. The molecule has 0 aliphatic carbocycles. The summed E-state index contributed by atoms with van der Waals surface area (Å²) in [5.41, 5.74) is 0.547. The lowest BCUT2D eigenvalue weighted by Gasteiger charge is -2.17. The maximum atomic E-state index is 13.1. The van der Waals surface area contributed by atoms with Gasteiger partial charge in [0.2, 0.25) is 0 Å². The van der Waals surface area contributed by atoms with Gasteiger partial charge >= 0.3 is 0 Å². The van der Waals surface area contributed by atoms with Gasteiger partial charge < -0.3 is 14.6 Å². The third-order valence-corrected chi connectivity index (χ3v) is 3.40. The molecular weight excluding hydrogens is 327 g/mol. The molecule has 0 aliphatic rings. The third kappa shape index (κ3) is 3.11. The molecule has 0 amide bonds. The Bertz CT molecular complexity index is 614. The molecule has 2 aromatic carbocycles. The first kappa shape index (κ1) is 14.8. The summed E-state index contributed by atoms with van der Waals surface area (Å²) < 4.78 is 24.5. The van der Waals surface area contributed by atoms with Crippen molar-refractivity contribution in [2.45, 2.75) is 13.0 Å². The van der Waals surface area contributed by atoms with Gasteiger partial charge in [-0.1, -0.05) is 6.07 Å². The van der Waals surface area contributed by atoms with Crippen LogP contribution in [-0.2, 0) is 0 Å². The Labute approximate surface area is 125 Å². The summed E-state index contributed by atoms with van der Waals surface area (Å²) in [5, 5.41) is 9.88. The molecule has 106 valence electrons. The van der Waals surface area contributed by atoms with Crippen molar-refractivity contribution in [3.63, 3.8) is 0 Å². The molecule has 0 spiro atoms. The van der Waals surface area contributed by atoms with Crippen molar-refractivity contribution < 1.29 is 19.0 Å². The molecule has 3 nitrogen and oxygen atoms in total. The summed E-state index contributed by atoms with van der Waals surface area (Å²) in [6, 6.07) is 9.37. The monoisotopic (exact) mass is 340 g/mol. The van der Waals surface area contributed by atoms with E-state index in [9.17, 15) is 9.50 Å². The van der Waals surface area contributed by atoms with Gasteiger partial charge in [0.25, 0.3) is 0 Å². The predicted octanol–water partition coefficient (Wildman–Crippen LogP) is 4.44. The van der Waals surface area contributed by atoms with E-state index in [0.717, 1.165) is 0 Å². The predicted molar refractivity (Wildman–Crippen MR) is 77.8 cm³/mol. The Kier molecular flexibility index (Phi) is 4.62. The van der Waals surface area contributed by atoms with Crippen LogP contribution in [0.3, 0.4) is 0 Å². The highest BCUT2D eigenvalue weighted by Gasteiger charge is 2.16. The molecule has 1 atom stereocenters. The van der Waals surface area contributed by atoms with Crippen LogP contribution in [0.5, 0.6) is 17.2 Å². The molecule has 0 fully saturated rings. The first-order valence-corrected chi connectivity index (χ1v) is 6.80. The number of benzene rings is 2. The van der Waals surface area contributed by atoms with Gasteiger partial charge in [-0.3, -0.25) is 0 Å². The van der Waals surface area contributed by atoms with E-state index >= 15 is 0 Å². The molecule has 2 rings (SSSR count). The molecule has 0 unspecified atom stereocenters. The van der Waals surface area contributed by atoms with Crippen molar-refractivity contribution in [2.75, 3.05) is 7.11 Å². The van der Waals surface area contributed by atoms with Gasteiger partial charge in [-0.15, -0.1) is 0 Å². The molecule has 0 radical (unpaired) electrons. The van der Waals surface area contributed by atoms with Crippen LogP contribution in [0.15, 0.2) is 40.9 Å².